The van der Waals surface area contributed by atoms with Crippen molar-refractivity contribution in [2.75, 3.05) is 0 Å². The van der Waals surface area contributed by atoms with Crippen molar-refractivity contribution in [2.24, 2.45) is 36.5 Å². The van der Waals surface area contributed by atoms with Crippen LogP contribution in [0.25, 0.3) is 0 Å². The molecule has 3 saturated carbocycles. The Morgan fingerprint density at radius 2 is 2.26 bits per heavy atom. The van der Waals surface area contributed by atoms with Gasteiger partial charge in [-0.15, -0.1) is 0 Å². The molecule has 3 aliphatic carbocycles. The minimum atomic E-state index is 0.131. The van der Waals surface area contributed by atoms with Gasteiger partial charge >= 0.3 is 0 Å². The molecule has 0 saturated heterocycles. The van der Waals surface area contributed by atoms with Crippen LogP contribution < -0.4 is 5.73 Å². The SMILES string of the molecule is Cn1cc(CCC2(N)CC3CC2C2CCCC32)cn1. The standard InChI is InChI=1S/C16H25N3/c1-19-10-11(9-18-19)5-6-16(17)8-12-7-15(16)14-4-2-3-13(12)14/h9-10,12-15H,2-8,17H2,1H3. The van der Waals surface area contributed by atoms with E-state index in [0.29, 0.717) is 0 Å². The summed E-state index contributed by atoms with van der Waals surface area (Å²) in [6.07, 6.45) is 13.5. The zero-order valence-corrected chi connectivity index (χ0v) is 11.9. The van der Waals surface area contributed by atoms with Crippen molar-refractivity contribution in [1.29, 1.82) is 0 Å². The van der Waals surface area contributed by atoms with Crippen LogP contribution in [0.3, 0.4) is 0 Å². The maximum atomic E-state index is 6.83. The summed E-state index contributed by atoms with van der Waals surface area (Å²) >= 11 is 0. The fourth-order valence-corrected chi connectivity index (χ4v) is 5.58. The Kier molecular flexibility index (Phi) is 2.57. The van der Waals surface area contributed by atoms with Crippen LogP contribution in [-0.2, 0) is 13.5 Å². The zero-order chi connectivity index (χ0) is 13.0. The van der Waals surface area contributed by atoms with E-state index in [1.165, 1.54) is 37.7 Å². The first-order chi connectivity index (χ1) is 9.16. The van der Waals surface area contributed by atoms with Crippen LogP contribution in [0.2, 0.25) is 0 Å². The van der Waals surface area contributed by atoms with Gasteiger partial charge in [0.15, 0.2) is 0 Å². The summed E-state index contributed by atoms with van der Waals surface area (Å²) < 4.78 is 1.90. The van der Waals surface area contributed by atoms with Crippen LogP contribution in [0.1, 0.15) is 44.1 Å². The number of hydrogen-bond acceptors (Lipinski definition) is 2. The number of fused-ring (bicyclic) bond motifs is 5. The molecular formula is C16H25N3. The normalized spacial score (nSPS) is 43.9. The highest BCUT2D eigenvalue weighted by atomic mass is 15.2. The van der Waals surface area contributed by atoms with Crippen LogP contribution in [0.4, 0.5) is 0 Å². The number of rotatable bonds is 3. The van der Waals surface area contributed by atoms with Crippen molar-refractivity contribution in [3.8, 4) is 0 Å². The zero-order valence-electron chi connectivity index (χ0n) is 11.9. The van der Waals surface area contributed by atoms with Gasteiger partial charge in [-0.2, -0.15) is 5.10 Å². The molecule has 3 heteroatoms. The number of nitrogens with zero attached hydrogens (tertiary/aromatic N) is 2. The van der Waals surface area contributed by atoms with Gasteiger partial charge in [-0.3, -0.25) is 4.68 Å². The number of hydrogen-bond donors (Lipinski definition) is 1. The molecule has 0 radical (unpaired) electrons. The molecule has 0 aliphatic heterocycles. The second kappa shape index (κ2) is 4.08. The Morgan fingerprint density at radius 1 is 1.42 bits per heavy atom. The van der Waals surface area contributed by atoms with E-state index in [2.05, 4.69) is 11.3 Å². The predicted octanol–water partition coefficient (Wildman–Crippen LogP) is 2.51. The van der Waals surface area contributed by atoms with E-state index in [1.54, 1.807) is 0 Å². The van der Waals surface area contributed by atoms with Crippen molar-refractivity contribution in [3.05, 3.63) is 18.0 Å². The monoisotopic (exact) mass is 259 g/mol. The molecule has 1 heterocycles. The summed E-state index contributed by atoms with van der Waals surface area (Å²) in [5, 5.41) is 4.26. The van der Waals surface area contributed by atoms with Gasteiger partial charge in [0.2, 0.25) is 0 Å². The first-order valence-corrected chi connectivity index (χ1v) is 7.92. The molecule has 3 nitrogen and oxygen atoms in total. The second-order valence-electron chi connectivity index (χ2n) is 7.32. The fraction of sp³-hybridized carbons (Fsp3) is 0.812. The van der Waals surface area contributed by atoms with Crippen LogP contribution in [0, 0.1) is 23.7 Å². The fourth-order valence-electron chi connectivity index (χ4n) is 5.58. The number of aromatic nitrogens is 2. The highest BCUT2D eigenvalue weighted by molar-refractivity contribution is 5.14. The van der Waals surface area contributed by atoms with Gasteiger partial charge in [0.05, 0.1) is 6.20 Å². The molecule has 19 heavy (non-hydrogen) atoms. The van der Waals surface area contributed by atoms with Crippen LogP contribution in [-0.4, -0.2) is 15.3 Å². The molecule has 3 fully saturated rings. The van der Waals surface area contributed by atoms with Crippen LogP contribution >= 0.6 is 0 Å². The quantitative estimate of drug-likeness (QED) is 0.906. The summed E-state index contributed by atoms with van der Waals surface area (Å²) in [6.45, 7) is 0. The van der Waals surface area contributed by atoms with Gasteiger partial charge in [0, 0.05) is 18.8 Å². The first kappa shape index (κ1) is 12.0. The van der Waals surface area contributed by atoms with Crippen LogP contribution in [0.15, 0.2) is 12.4 Å². The van der Waals surface area contributed by atoms with E-state index in [4.69, 9.17) is 5.73 Å². The third-order valence-electron chi connectivity index (χ3n) is 6.32. The van der Waals surface area contributed by atoms with E-state index in [9.17, 15) is 0 Å². The summed E-state index contributed by atoms with van der Waals surface area (Å²) in [5.74, 6) is 3.79. The van der Waals surface area contributed by atoms with E-state index in [1.807, 2.05) is 17.9 Å². The number of aryl methyl sites for hydroxylation is 2. The van der Waals surface area contributed by atoms with Crippen molar-refractivity contribution in [1.82, 2.24) is 9.78 Å². The minimum absolute atomic E-state index is 0.131. The molecule has 3 aliphatic rings. The summed E-state index contributed by atoms with van der Waals surface area (Å²) in [5.41, 5.74) is 8.30. The highest BCUT2D eigenvalue weighted by Gasteiger charge is 2.58. The Hall–Kier alpha value is -0.830. The van der Waals surface area contributed by atoms with Gasteiger partial charge in [0.1, 0.15) is 0 Å². The lowest BCUT2D eigenvalue weighted by Gasteiger charge is -2.40. The van der Waals surface area contributed by atoms with Gasteiger partial charge in [-0.25, -0.2) is 0 Å². The second-order valence-corrected chi connectivity index (χ2v) is 7.32. The number of nitrogens with two attached hydrogens (primary N) is 1. The van der Waals surface area contributed by atoms with E-state index in [0.717, 1.165) is 36.5 Å². The van der Waals surface area contributed by atoms with E-state index >= 15 is 0 Å². The molecule has 4 rings (SSSR count). The van der Waals surface area contributed by atoms with Gasteiger partial charge in [-0.1, -0.05) is 6.42 Å². The van der Waals surface area contributed by atoms with E-state index < -0.39 is 0 Å². The van der Waals surface area contributed by atoms with Gasteiger partial charge in [-0.05, 0) is 67.8 Å². The van der Waals surface area contributed by atoms with Crippen LogP contribution in [0.5, 0.6) is 0 Å². The molecule has 5 unspecified atom stereocenters. The molecular weight excluding hydrogens is 234 g/mol. The first-order valence-electron chi connectivity index (χ1n) is 7.92. The van der Waals surface area contributed by atoms with E-state index in [-0.39, 0.29) is 5.54 Å². The maximum Gasteiger partial charge on any atom is 0.0521 e. The molecule has 5 atom stereocenters. The highest BCUT2D eigenvalue weighted by Crippen LogP contribution is 2.62. The lowest BCUT2D eigenvalue weighted by Crippen LogP contribution is -2.49. The summed E-state index contributed by atoms with van der Waals surface area (Å²) in [7, 11) is 1.99. The lowest BCUT2D eigenvalue weighted by molar-refractivity contribution is 0.148. The smallest absolute Gasteiger partial charge is 0.0521 e. The largest absolute Gasteiger partial charge is 0.325 e. The summed E-state index contributed by atoms with van der Waals surface area (Å²) in [4.78, 5) is 0. The Morgan fingerprint density at radius 3 is 3.05 bits per heavy atom. The molecule has 104 valence electrons. The average Bonchev–Trinajstić information content (AvgIpc) is 3.07. The average molecular weight is 259 g/mol. The van der Waals surface area contributed by atoms with Crippen molar-refractivity contribution >= 4 is 0 Å². The van der Waals surface area contributed by atoms with Crippen molar-refractivity contribution in [3.63, 3.8) is 0 Å². The molecule has 1 aromatic heterocycles. The van der Waals surface area contributed by atoms with Crippen molar-refractivity contribution < 1.29 is 0 Å². The molecule has 2 bridgehead atoms. The maximum absolute atomic E-state index is 6.83. The molecule has 0 amide bonds. The van der Waals surface area contributed by atoms with Gasteiger partial charge < -0.3 is 5.73 Å². The topological polar surface area (TPSA) is 43.8 Å². The Balaban J connectivity index is 1.46. The van der Waals surface area contributed by atoms with Crippen molar-refractivity contribution in [2.45, 2.75) is 50.5 Å². The molecule has 1 aromatic rings. The molecule has 2 N–H and O–H groups in total. The summed E-state index contributed by atoms with van der Waals surface area (Å²) in [6, 6.07) is 0. The molecule has 0 aromatic carbocycles. The minimum Gasteiger partial charge on any atom is -0.325 e. The predicted molar refractivity (Wildman–Crippen MR) is 75.5 cm³/mol. The van der Waals surface area contributed by atoms with Gasteiger partial charge in [0.25, 0.3) is 0 Å². The third-order valence-corrected chi connectivity index (χ3v) is 6.32. The lowest BCUT2D eigenvalue weighted by atomic mass is 9.69. The Labute approximate surface area is 115 Å². The molecule has 0 spiro atoms. The Bertz CT molecular complexity index is 480. The third kappa shape index (κ3) is 1.78.